The van der Waals surface area contributed by atoms with E-state index >= 15 is 0 Å². The van der Waals surface area contributed by atoms with Crippen molar-refractivity contribution in [3.8, 4) is 0 Å². The highest BCUT2D eigenvalue weighted by Crippen LogP contribution is 2.29. The van der Waals surface area contributed by atoms with Gasteiger partial charge in [-0.3, -0.25) is 9.13 Å². The van der Waals surface area contributed by atoms with Gasteiger partial charge in [0.1, 0.15) is 6.26 Å². The van der Waals surface area contributed by atoms with Crippen LogP contribution in [0.1, 0.15) is 16.7 Å². The molecular weight excluding hydrogens is 439 g/mol. The standard InChI is InChI=1S/C23H20F3N3O2S/c1-32(31)27-19-12-8-17(9-13-19)15-29-21-5-3-2-4-20(21)28(22(29)30)14-16-6-10-18(11-7-16)23(24,25)26/h2-13,27H,14-15H2,1H3. The van der Waals surface area contributed by atoms with Gasteiger partial charge in [0.15, 0.2) is 0 Å². The van der Waals surface area contributed by atoms with Gasteiger partial charge in [-0.1, -0.05) is 36.4 Å². The summed E-state index contributed by atoms with van der Waals surface area (Å²) in [6, 6.07) is 19.5. The molecule has 0 spiro atoms. The van der Waals surface area contributed by atoms with Crippen molar-refractivity contribution in [2.45, 2.75) is 19.3 Å². The highest BCUT2D eigenvalue weighted by Gasteiger charge is 2.30. The molecule has 0 saturated carbocycles. The predicted molar refractivity (Wildman–Crippen MR) is 120 cm³/mol. The monoisotopic (exact) mass is 459 g/mol. The number of benzene rings is 3. The van der Waals surface area contributed by atoms with Crippen LogP contribution in [-0.4, -0.2) is 19.9 Å². The van der Waals surface area contributed by atoms with Gasteiger partial charge in [0.25, 0.3) is 0 Å². The van der Waals surface area contributed by atoms with Crippen molar-refractivity contribution in [3.05, 3.63) is 100.0 Å². The maximum atomic E-state index is 13.2. The summed E-state index contributed by atoms with van der Waals surface area (Å²) in [7, 11) is 0. The minimum absolute atomic E-state index is 0.162. The summed E-state index contributed by atoms with van der Waals surface area (Å²) in [6.45, 7) is 0.491. The van der Waals surface area contributed by atoms with Gasteiger partial charge in [0.2, 0.25) is 0 Å². The summed E-state index contributed by atoms with van der Waals surface area (Å²) >= 11 is -1.18. The molecule has 4 aromatic rings. The van der Waals surface area contributed by atoms with Gasteiger partial charge in [-0.05, 0) is 47.5 Å². The predicted octanol–water partition coefficient (Wildman–Crippen LogP) is 4.62. The molecule has 0 radical (unpaired) electrons. The number of imidazole rings is 1. The molecule has 9 heteroatoms. The van der Waals surface area contributed by atoms with E-state index in [9.17, 15) is 22.5 Å². The number of aromatic nitrogens is 2. The van der Waals surface area contributed by atoms with Gasteiger partial charge >= 0.3 is 11.9 Å². The quantitative estimate of drug-likeness (QED) is 0.428. The van der Waals surface area contributed by atoms with Crippen LogP contribution in [0.25, 0.3) is 11.0 Å². The Morgan fingerprint density at radius 2 is 1.31 bits per heavy atom. The zero-order valence-corrected chi connectivity index (χ0v) is 17.9. The van der Waals surface area contributed by atoms with Crippen molar-refractivity contribution >= 4 is 28.1 Å². The molecule has 1 aromatic heterocycles. The van der Waals surface area contributed by atoms with Crippen molar-refractivity contribution < 1.29 is 17.7 Å². The van der Waals surface area contributed by atoms with Crippen LogP contribution < -0.4 is 10.4 Å². The van der Waals surface area contributed by atoms with Crippen molar-refractivity contribution in [2.24, 2.45) is 0 Å². The number of rotatable bonds is 6. The van der Waals surface area contributed by atoms with E-state index < -0.39 is 23.1 Å². The summed E-state index contributed by atoms with van der Waals surface area (Å²) in [5.74, 6) is 0. The number of hydrogen-bond donors (Lipinski definition) is 1. The Labute approximate surface area is 185 Å². The Hall–Kier alpha value is -3.17. The third-order valence-electron chi connectivity index (χ3n) is 5.10. The van der Waals surface area contributed by atoms with E-state index in [1.165, 1.54) is 12.1 Å². The molecule has 3 aromatic carbocycles. The smallest absolute Gasteiger partial charge is 0.416 e. The zero-order valence-electron chi connectivity index (χ0n) is 17.1. The maximum absolute atomic E-state index is 13.2. The zero-order chi connectivity index (χ0) is 22.9. The molecule has 0 fully saturated rings. The van der Waals surface area contributed by atoms with Crippen LogP contribution in [-0.2, 0) is 30.6 Å². The van der Waals surface area contributed by atoms with Crippen molar-refractivity contribution in [1.29, 1.82) is 0 Å². The van der Waals surface area contributed by atoms with Gasteiger partial charge in [-0.2, -0.15) is 13.2 Å². The summed E-state index contributed by atoms with van der Waals surface area (Å²) in [4.78, 5) is 13.2. The van der Waals surface area contributed by atoms with Crippen LogP contribution >= 0.6 is 0 Å². The lowest BCUT2D eigenvalue weighted by molar-refractivity contribution is -0.137. The van der Waals surface area contributed by atoms with Crippen LogP contribution in [0.5, 0.6) is 0 Å². The lowest BCUT2D eigenvalue weighted by Crippen LogP contribution is -2.25. The third-order valence-corrected chi connectivity index (χ3v) is 5.63. The van der Waals surface area contributed by atoms with Gasteiger partial charge in [-0.25, -0.2) is 9.52 Å². The Kier molecular flexibility index (Phi) is 6.03. The fraction of sp³-hybridized carbons (Fsp3) is 0.174. The van der Waals surface area contributed by atoms with Crippen molar-refractivity contribution in [1.82, 2.24) is 9.13 Å². The largest absolute Gasteiger partial charge is 0.593 e. The Morgan fingerprint density at radius 1 is 0.844 bits per heavy atom. The van der Waals surface area contributed by atoms with E-state index in [1.54, 1.807) is 27.5 Å². The number of anilines is 1. The Bertz CT molecular complexity index is 1280. The minimum Gasteiger partial charge on any atom is -0.593 e. The van der Waals surface area contributed by atoms with Gasteiger partial charge < -0.3 is 4.55 Å². The van der Waals surface area contributed by atoms with Crippen LogP contribution in [0.2, 0.25) is 0 Å². The topological polar surface area (TPSA) is 62.0 Å². The van der Waals surface area contributed by atoms with E-state index in [-0.39, 0.29) is 12.2 Å². The molecule has 0 saturated heterocycles. The third kappa shape index (κ3) is 4.68. The van der Waals surface area contributed by atoms with E-state index in [0.29, 0.717) is 23.3 Å². The van der Waals surface area contributed by atoms with Gasteiger partial charge in [-0.15, -0.1) is 0 Å². The second-order valence-electron chi connectivity index (χ2n) is 7.39. The number of fused-ring (bicyclic) bond motifs is 1. The number of alkyl halides is 3. The Morgan fingerprint density at radius 3 is 1.75 bits per heavy atom. The molecule has 1 unspecified atom stereocenters. The first kappa shape index (κ1) is 22.0. The average Bonchev–Trinajstić information content (AvgIpc) is 3.00. The van der Waals surface area contributed by atoms with E-state index in [4.69, 9.17) is 0 Å². The number of nitrogens with zero attached hydrogens (tertiary/aromatic N) is 2. The molecule has 1 N–H and O–H groups in total. The SMILES string of the molecule is C[S+]([O-])Nc1ccc(Cn2c(=O)n(Cc3ccc(C(F)(F)F)cc3)c3ccccc32)cc1. The normalized spacial score (nSPS) is 12.8. The summed E-state index contributed by atoms with van der Waals surface area (Å²) < 4.78 is 55.8. The molecule has 166 valence electrons. The fourth-order valence-corrected chi connectivity index (χ4v) is 4.05. The molecule has 0 bridgehead atoms. The Balaban J connectivity index is 1.65. The summed E-state index contributed by atoms with van der Waals surface area (Å²) in [6.07, 6.45) is -2.86. The molecular formula is C23H20F3N3O2S. The summed E-state index contributed by atoms with van der Waals surface area (Å²) in [5, 5.41) is 0. The molecule has 32 heavy (non-hydrogen) atoms. The first-order valence-electron chi connectivity index (χ1n) is 9.75. The first-order valence-corrected chi connectivity index (χ1v) is 11.3. The fourth-order valence-electron chi connectivity index (χ4n) is 3.59. The molecule has 0 aliphatic carbocycles. The lowest BCUT2D eigenvalue weighted by Gasteiger charge is -2.09. The number of halogens is 3. The first-order chi connectivity index (χ1) is 15.2. The molecule has 0 aliphatic heterocycles. The maximum Gasteiger partial charge on any atom is 0.416 e. The second kappa shape index (κ2) is 8.76. The van der Waals surface area contributed by atoms with Crippen molar-refractivity contribution in [3.63, 3.8) is 0 Å². The van der Waals surface area contributed by atoms with E-state index in [1.807, 2.05) is 36.4 Å². The van der Waals surface area contributed by atoms with E-state index in [0.717, 1.165) is 23.2 Å². The molecule has 1 atom stereocenters. The highest BCUT2D eigenvalue weighted by atomic mass is 32.2. The number of para-hydroxylation sites is 2. The van der Waals surface area contributed by atoms with Crippen molar-refractivity contribution in [2.75, 3.05) is 11.0 Å². The van der Waals surface area contributed by atoms with Crippen LogP contribution in [0.15, 0.2) is 77.6 Å². The van der Waals surface area contributed by atoms with Crippen LogP contribution in [0.3, 0.4) is 0 Å². The lowest BCUT2D eigenvalue weighted by atomic mass is 10.1. The summed E-state index contributed by atoms with van der Waals surface area (Å²) in [5.41, 5.74) is 2.68. The van der Waals surface area contributed by atoms with Crippen LogP contribution in [0.4, 0.5) is 18.9 Å². The second-order valence-corrected chi connectivity index (χ2v) is 8.50. The van der Waals surface area contributed by atoms with E-state index in [2.05, 4.69) is 4.72 Å². The number of hydrogen-bond acceptors (Lipinski definition) is 3. The highest BCUT2D eigenvalue weighted by molar-refractivity contribution is 7.92. The molecule has 0 amide bonds. The molecule has 4 rings (SSSR count). The van der Waals surface area contributed by atoms with Crippen LogP contribution in [0, 0.1) is 0 Å². The minimum atomic E-state index is -4.40. The van der Waals surface area contributed by atoms with Gasteiger partial charge in [0.05, 0.1) is 46.7 Å². The number of nitrogens with one attached hydrogen (secondary N) is 1. The molecule has 5 nitrogen and oxygen atoms in total. The molecule has 0 aliphatic rings. The van der Waals surface area contributed by atoms with Gasteiger partial charge in [0, 0.05) is 0 Å². The molecule has 1 heterocycles. The average molecular weight is 459 g/mol.